The summed E-state index contributed by atoms with van der Waals surface area (Å²) in [6.45, 7) is 4.67. The standard InChI is InChI=1S/C24H31N3O3S2/c1-5-7-9-18-10-15-21-22(17-18)31-24(27(21)4)25-23(28)19-11-13-20(14-12-19)32(29,30)26(3)16-8-6-2/h10-15,17H,5-9,16H2,1-4H3. The molecule has 8 heteroatoms. The summed E-state index contributed by atoms with van der Waals surface area (Å²) in [5.41, 5.74) is 2.69. The molecule has 0 bridgehead atoms. The lowest BCUT2D eigenvalue weighted by Gasteiger charge is -2.16. The average molecular weight is 474 g/mol. The molecule has 3 rings (SSSR count). The fourth-order valence-corrected chi connectivity index (χ4v) is 5.71. The quantitative estimate of drug-likeness (QED) is 0.450. The first-order chi connectivity index (χ1) is 15.3. The predicted octanol–water partition coefficient (Wildman–Crippen LogP) is 4.74. The molecule has 0 radical (unpaired) electrons. The molecule has 0 aliphatic rings. The van der Waals surface area contributed by atoms with Crippen LogP contribution in [0.25, 0.3) is 10.2 Å². The monoisotopic (exact) mass is 473 g/mol. The van der Waals surface area contributed by atoms with E-state index in [1.165, 1.54) is 45.5 Å². The maximum Gasteiger partial charge on any atom is 0.279 e. The van der Waals surface area contributed by atoms with Gasteiger partial charge in [0.25, 0.3) is 5.91 Å². The van der Waals surface area contributed by atoms with E-state index in [9.17, 15) is 13.2 Å². The number of amides is 1. The summed E-state index contributed by atoms with van der Waals surface area (Å²) >= 11 is 1.49. The number of fused-ring (bicyclic) bond motifs is 1. The molecule has 0 saturated carbocycles. The van der Waals surface area contributed by atoms with Crippen LogP contribution in [-0.4, -0.2) is 36.8 Å². The zero-order valence-corrected chi connectivity index (χ0v) is 20.8. The number of sulfonamides is 1. The Morgan fingerprint density at radius 1 is 1.06 bits per heavy atom. The van der Waals surface area contributed by atoms with Crippen molar-refractivity contribution in [2.75, 3.05) is 13.6 Å². The Hall–Kier alpha value is -2.29. The molecule has 3 aromatic rings. The lowest BCUT2D eigenvalue weighted by molar-refractivity contribution is 0.0998. The number of thiazole rings is 1. The highest BCUT2D eigenvalue weighted by Gasteiger charge is 2.20. The highest BCUT2D eigenvalue weighted by molar-refractivity contribution is 7.89. The summed E-state index contributed by atoms with van der Waals surface area (Å²) in [5, 5.41) is 0. The van der Waals surface area contributed by atoms with Crippen molar-refractivity contribution in [2.24, 2.45) is 12.0 Å². The van der Waals surface area contributed by atoms with Gasteiger partial charge in [-0.2, -0.15) is 4.99 Å². The van der Waals surface area contributed by atoms with Gasteiger partial charge in [0.2, 0.25) is 10.0 Å². The smallest absolute Gasteiger partial charge is 0.279 e. The number of carbonyl (C=O) groups is 1. The Balaban J connectivity index is 1.85. The number of hydrogen-bond donors (Lipinski definition) is 0. The van der Waals surface area contributed by atoms with Gasteiger partial charge in [0.1, 0.15) is 0 Å². The number of unbranched alkanes of at least 4 members (excludes halogenated alkanes) is 2. The second kappa shape index (κ2) is 10.6. The minimum Gasteiger partial charge on any atom is -0.319 e. The minimum atomic E-state index is -3.56. The highest BCUT2D eigenvalue weighted by atomic mass is 32.2. The summed E-state index contributed by atoms with van der Waals surface area (Å²) in [4.78, 5) is 17.9. The number of aromatic nitrogens is 1. The van der Waals surface area contributed by atoms with Crippen LogP contribution in [0.5, 0.6) is 0 Å². The van der Waals surface area contributed by atoms with Crippen LogP contribution in [0.4, 0.5) is 0 Å². The molecule has 1 amide bonds. The molecule has 0 saturated heterocycles. The normalized spacial score (nSPS) is 12.7. The van der Waals surface area contributed by atoms with E-state index in [0.29, 0.717) is 16.9 Å². The highest BCUT2D eigenvalue weighted by Crippen LogP contribution is 2.20. The number of hydrogen-bond acceptors (Lipinski definition) is 4. The third-order valence-corrected chi connectivity index (χ3v) is 8.49. The van der Waals surface area contributed by atoms with Crippen molar-refractivity contribution >= 4 is 37.5 Å². The lowest BCUT2D eigenvalue weighted by atomic mass is 10.1. The van der Waals surface area contributed by atoms with Gasteiger partial charge in [0.15, 0.2) is 4.80 Å². The summed E-state index contributed by atoms with van der Waals surface area (Å²) in [6.07, 6.45) is 5.07. The Bertz CT molecular complexity index is 1260. The maximum absolute atomic E-state index is 12.8. The van der Waals surface area contributed by atoms with Gasteiger partial charge in [-0.05, 0) is 61.2 Å². The van der Waals surface area contributed by atoms with E-state index in [4.69, 9.17) is 0 Å². The molecule has 0 spiro atoms. The molecular weight excluding hydrogens is 442 g/mol. The molecular formula is C24H31N3O3S2. The van der Waals surface area contributed by atoms with Crippen molar-refractivity contribution < 1.29 is 13.2 Å². The first-order valence-electron chi connectivity index (χ1n) is 11.0. The van der Waals surface area contributed by atoms with E-state index >= 15 is 0 Å². The van der Waals surface area contributed by atoms with E-state index in [1.54, 1.807) is 7.05 Å². The second-order valence-corrected chi connectivity index (χ2v) is 11.0. The predicted molar refractivity (Wildman–Crippen MR) is 130 cm³/mol. The van der Waals surface area contributed by atoms with Gasteiger partial charge in [0.05, 0.1) is 15.1 Å². The number of carbonyl (C=O) groups excluding carboxylic acids is 1. The molecule has 1 aromatic heterocycles. The van der Waals surface area contributed by atoms with E-state index in [1.807, 2.05) is 18.5 Å². The second-order valence-electron chi connectivity index (χ2n) is 7.97. The van der Waals surface area contributed by atoms with Gasteiger partial charge in [-0.1, -0.05) is 44.1 Å². The molecule has 0 aliphatic heterocycles. The Kier molecular flexibility index (Phi) is 8.03. The zero-order valence-electron chi connectivity index (χ0n) is 19.2. The molecule has 2 aromatic carbocycles. The fourth-order valence-electron chi connectivity index (χ4n) is 3.42. The van der Waals surface area contributed by atoms with Crippen LogP contribution < -0.4 is 4.80 Å². The number of rotatable bonds is 9. The van der Waals surface area contributed by atoms with Crippen LogP contribution in [0.2, 0.25) is 0 Å². The van der Waals surface area contributed by atoms with Crippen molar-refractivity contribution in [2.45, 2.75) is 50.8 Å². The molecule has 1 heterocycles. The van der Waals surface area contributed by atoms with E-state index in [2.05, 4.69) is 30.1 Å². The van der Waals surface area contributed by atoms with Crippen LogP contribution in [0.15, 0.2) is 52.4 Å². The first kappa shape index (κ1) is 24.4. The van der Waals surface area contributed by atoms with Crippen LogP contribution in [-0.2, 0) is 23.5 Å². The topological polar surface area (TPSA) is 71.7 Å². The third kappa shape index (κ3) is 5.36. The lowest BCUT2D eigenvalue weighted by Crippen LogP contribution is -2.27. The zero-order chi connectivity index (χ0) is 23.3. The largest absolute Gasteiger partial charge is 0.319 e. The van der Waals surface area contributed by atoms with E-state index < -0.39 is 10.0 Å². The summed E-state index contributed by atoms with van der Waals surface area (Å²) in [7, 11) is -0.0790. The van der Waals surface area contributed by atoms with Gasteiger partial charge < -0.3 is 4.57 Å². The third-order valence-electron chi connectivity index (χ3n) is 5.53. The molecule has 0 N–H and O–H groups in total. The van der Waals surface area contributed by atoms with Crippen molar-refractivity contribution in [3.05, 3.63) is 58.4 Å². The average Bonchev–Trinajstić information content (AvgIpc) is 3.10. The summed E-state index contributed by atoms with van der Waals surface area (Å²) < 4.78 is 29.7. The van der Waals surface area contributed by atoms with Crippen LogP contribution >= 0.6 is 11.3 Å². The van der Waals surface area contributed by atoms with Crippen LogP contribution in [0, 0.1) is 0 Å². The number of benzene rings is 2. The molecule has 32 heavy (non-hydrogen) atoms. The van der Waals surface area contributed by atoms with Crippen LogP contribution in [0.1, 0.15) is 55.5 Å². The summed E-state index contributed by atoms with van der Waals surface area (Å²) in [5.74, 6) is -0.387. The summed E-state index contributed by atoms with van der Waals surface area (Å²) in [6, 6.07) is 12.4. The van der Waals surface area contributed by atoms with Gasteiger partial charge in [-0.3, -0.25) is 4.79 Å². The molecule has 6 nitrogen and oxygen atoms in total. The molecule has 0 atom stereocenters. The SMILES string of the molecule is CCCCc1ccc2c(c1)sc(=NC(=O)c1ccc(S(=O)(=O)N(C)CCCC)cc1)n2C. The van der Waals surface area contributed by atoms with Crippen molar-refractivity contribution in [1.82, 2.24) is 8.87 Å². The van der Waals surface area contributed by atoms with Gasteiger partial charge in [-0.25, -0.2) is 12.7 Å². The van der Waals surface area contributed by atoms with E-state index in [0.717, 1.165) is 42.3 Å². The van der Waals surface area contributed by atoms with Gasteiger partial charge in [0, 0.05) is 26.2 Å². The Morgan fingerprint density at radius 2 is 1.75 bits per heavy atom. The van der Waals surface area contributed by atoms with Crippen molar-refractivity contribution in [3.8, 4) is 0 Å². The molecule has 0 unspecified atom stereocenters. The first-order valence-corrected chi connectivity index (χ1v) is 13.3. The number of aryl methyl sites for hydroxylation is 2. The molecule has 0 fully saturated rings. The maximum atomic E-state index is 12.8. The van der Waals surface area contributed by atoms with Crippen LogP contribution in [0.3, 0.4) is 0 Å². The van der Waals surface area contributed by atoms with Crippen molar-refractivity contribution in [1.29, 1.82) is 0 Å². The fraction of sp³-hybridized carbons (Fsp3) is 0.417. The molecule has 172 valence electrons. The number of nitrogens with zero attached hydrogens (tertiary/aromatic N) is 3. The minimum absolute atomic E-state index is 0.180. The van der Waals surface area contributed by atoms with Gasteiger partial charge in [-0.15, -0.1) is 0 Å². The van der Waals surface area contributed by atoms with E-state index in [-0.39, 0.29) is 10.8 Å². The Morgan fingerprint density at radius 3 is 2.41 bits per heavy atom. The Labute approximate surface area is 194 Å². The van der Waals surface area contributed by atoms with Gasteiger partial charge >= 0.3 is 0 Å². The van der Waals surface area contributed by atoms with Crippen molar-refractivity contribution in [3.63, 3.8) is 0 Å². The molecule has 0 aliphatic carbocycles.